The first-order chi connectivity index (χ1) is 9.02. The molecule has 1 aliphatic carbocycles. The van der Waals surface area contributed by atoms with Gasteiger partial charge in [-0.3, -0.25) is 10.1 Å². The van der Waals surface area contributed by atoms with E-state index in [1.165, 1.54) is 11.3 Å². The lowest BCUT2D eigenvalue weighted by molar-refractivity contribution is -0.148. The van der Waals surface area contributed by atoms with Crippen LogP contribution >= 0.6 is 11.3 Å². The smallest absolute Gasteiger partial charge is 0.321 e. The second-order valence-corrected chi connectivity index (χ2v) is 5.91. The molecule has 104 valence electrons. The largest absolute Gasteiger partial charge is 0.481 e. The number of urea groups is 1. The molecule has 1 aromatic rings. The lowest BCUT2D eigenvalue weighted by Gasteiger charge is -2.23. The molecule has 0 atom stereocenters. The van der Waals surface area contributed by atoms with E-state index in [-0.39, 0.29) is 6.54 Å². The zero-order chi connectivity index (χ0) is 13.9. The molecule has 1 fully saturated rings. The summed E-state index contributed by atoms with van der Waals surface area (Å²) in [5.74, 6) is -0.836. The Morgan fingerprint density at radius 1 is 1.37 bits per heavy atom. The minimum absolute atomic E-state index is 0.145. The van der Waals surface area contributed by atoms with Crippen LogP contribution in [0.1, 0.15) is 30.7 Å². The molecule has 0 bridgehead atoms. The monoisotopic (exact) mass is 284 g/mol. The number of nitrogens with one attached hydrogen (secondary N) is 2. The number of carboxylic acid groups (broad SMARTS) is 1. The molecule has 1 saturated carbocycles. The number of aliphatic carboxylic acids is 1. The molecule has 0 saturated heterocycles. The molecule has 0 spiro atoms. The molecule has 7 nitrogen and oxygen atoms in total. The number of amides is 2. The first-order valence-electron chi connectivity index (χ1n) is 6.10. The van der Waals surface area contributed by atoms with Gasteiger partial charge in [-0.05, 0) is 19.8 Å². The summed E-state index contributed by atoms with van der Waals surface area (Å²) in [4.78, 5) is 23.0. The third-order valence-electron chi connectivity index (χ3n) is 3.35. The number of nitrogens with zero attached hydrogens (tertiary/aromatic N) is 2. The van der Waals surface area contributed by atoms with Gasteiger partial charge in [0.05, 0.1) is 5.41 Å². The van der Waals surface area contributed by atoms with Gasteiger partial charge in [0.15, 0.2) is 0 Å². The molecule has 1 heterocycles. The van der Waals surface area contributed by atoms with Gasteiger partial charge in [-0.25, -0.2) is 4.79 Å². The van der Waals surface area contributed by atoms with E-state index in [0.717, 1.165) is 17.8 Å². The summed E-state index contributed by atoms with van der Waals surface area (Å²) in [7, 11) is 0. The van der Waals surface area contributed by atoms with Crippen LogP contribution in [-0.2, 0) is 4.79 Å². The minimum Gasteiger partial charge on any atom is -0.481 e. The maximum atomic E-state index is 11.7. The molecule has 0 radical (unpaired) electrons. The molecular formula is C11H16N4O3S. The molecule has 0 aromatic carbocycles. The summed E-state index contributed by atoms with van der Waals surface area (Å²) >= 11 is 1.27. The highest BCUT2D eigenvalue weighted by Crippen LogP contribution is 2.37. The lowest BCUT2D eigenvalue weighted by Crippen LogP contribution is -2.42. The molecular weight excluding hydrogens is 268 g/mol. The van der Waals surface area contributed by atoms with Gasteiger partial charge in [-0.1, -0.05) is 24.2 Å². The minimum atomic E-state index is -0.836. The van der Waals surface area contributed by atoms with Crippen molar-refractivity contribution in [1.82, 2.24) is 15.5 Å². The van der Waals surface area contributed by atoms with Crippen molar-refractivity contribution in [3.8, 4) is 0 Å². The van der Waals surface area contributed by atoms with Gasteiger partial charge in [0.25, 0.3) is 0 Å². The highest BCUT2D eigenvalue weighted by atomic mass is 32.1. The summed E-state index contributed by atoms with van der Waals surface area (Å²) in [6, 6.07) is -0.441. The van der Waals surface area contributed by atoms with Crippen LogP contribution in [0.2, 0.25) is 0 Å². The van der Waals surface area contributed by atoms with Crippen LogP contribution in [0.15, 0.2) is 0 Å². The number of carboxylic acids is 1. The number of anilines is 1. The lowest BCUT2D eigenvalue weighted by atomic mass is 9.86. The highest BCUT2D eigenvalue weighted by Gasteiger charge is 2.41. The van der Waals surface area contributed by atoms with Gasteiger partial charge in [-0.15, -0.1) is 10.2 Å². The Morgan fingerprint density at radius 3 is 2.58 bits per heavy atom. The number of hydrogen-bond acceptors (Lipinski definition) is 5. The third kappa shape index (κ3) is 3.19. The van der Waals surface area contributed by atoms with Gasteiger partial charge < -0.3 is 10.4 Å². The van der Waals surface area contributed by atoms with E-state index in [2.05, 4.69) is 20.8 Å². The fourth-order valence-corrected chi connectivity index (χ4v) is 2.84. The Bertz CT molecular complexity index is 482. The van der Waals surface area contributed by atoms with Crippen LogP contribution in [0.25, 0.3) is 0 Å². The average molecular weight is 284 g/mol. The Balaban J connectivity index is 1.87. The number of hydrogen-bond donors (Lipinski definition) is 3. The zero-order valence-corrected chi connectivity index (χ0v) is 11.4. The molecule has 0 unspecified atom stereocenters. The molecule has 3 N–H and O–H groups in total. The normalized spacial score (nSPS) is 17.1. The Kier molecular flexibility index (Phi) is 3.98. The van der Waals surface area contributed by atoms with Gasteiger partial charge >= 0.3 is 12.0 Å². The number of aryl methyl sites for hydroxylation is 1. The maximum absolute atomic E-state index is 11.7. The summed E-state index contributed by atoms with van der Waals surface area (Å²) in [5.41, 5.74) is -0.811. The van der Waals surface area contributed by atoms with Gasteiger partial charge in [0, 0.05) is 6.54 Å². The standard InChI is InChI=1S/C11H16N4O3S/c1-7-14-15-10(19-7)13-9(18)12-6-11(8(16)17)4-2-3-5-11/h2-6H2,1H3,(H,16,17)(H2,12,13,15,18). The molecule has 19 heavy (non-hydrogen) atoms. The molecule has 1 aromatic heterocycles. The van der Waals surface area contributed by atoms with Gasteiger partial charge in [0.2, 0.25) is 5.13 Å². The Labute approximate surface area is 114 Å². The SMILES string of the molecule is Cc1nnc(NC(=O)NCC2(C(=O)O)CCCC2)s1. The quantitative estimate of drug-likeness (QED) is 0.779. The van der Waals surface area contributed by atoms with Crippen molar-refractivity contribution in [2.75, 3.05) is 11.9 Å². The van der Waals surface area contributed by atoms with Crippen molar-refractivity contribution in [2.45, 2.75) is 32.6 Å². The van der Waals surface area contributed by atoms with Crippen molar-refractivity contribution in [2.24, 2.45) is 5.41 Å². The van der Waals surface area contributed by atoms with Crippen LogP contribution in [0, 0.1) is 12.3 Å². The number of carbonyl (C=O) groups is 2. The van der Waals surface area contributed by atoms with Gasteiger partial charge in [0.1, 0.15) is 5.01 Å². The Hall–Kier alpha value is -1.70. The first-order valence-corrected chi connectivity index (χ1v) is 6.92. The van der Waals surface area contributed by atoms with E-state index in [4.69, 9.17) is 0 Å². The summed E-state index contributed by atoms with van der Waals surface area (Å²) in [5, 5.41) is 23.1. The van der Waals surface area contributed by atoms with Crippen molar-refractivity contribution in [3.05, 3.63) is 5.01 Å². The van der Waals surface area contributed by atoms with E-state index >= 15 is 0 Å². The van der Waals surface area contributed by atoms with Crippen molar-refractivity contribution < 1.29 is 14.7 Å². The number of aromatic nitrogens is 2. The zero-order valence-electron chi connectivity index (χ0n) is 10.6. The predicted molar refractivity (Wildman–Crippen MR) is 70.2 cm³/mol. The van der Waals surface area contributed by atoms with Gasteiger partial charge in [-0.2, -0.15) is 0 Å². The highest BCUT2D eigenvalue weighted by molar-refractivity contribution is 7.15. The van der Waals surface area contributed by atoms with E-state index in [1.54, 1.807) is 6.92 Å². The van der Waals surface area contributed by atoms with E-state index in [0.29, 0.717) is 18.0 Å². The molecule has 0 aliphatic heterocycles. The molecule has 2 amide bonds. The van der Waals surface area contributed by atoms with Crippen molar-refractivity contribution in [3.63, 3.8) is 0 Å². The summed E-state index contributed by atoms with van der Waals surface area (Å²) < 4.78 is 0. The number of carbonyl (C=O) groups excluding carboxylic acids is 1. The van der Waals surface area contributed by atoms with Crippen LogP contribution in [0.3, 0.4) is 0 Å². The number of rotatable bonds is 4. The second-order valence-electron chi connectivity index (χ2n) is 4.73. The van der Waals surface area contributed by atoms with E-state index in [1.807, 2.05) is 0 Å². The molecule has 8 heteroatoms. The van der Waals surface area contributed by atoms with E-state index < -0.39 is 17.4 Å². The predicted octanol–water partition coefficient (Wildman–Crippen LogP) is 1.61. The fraction of sp³-hybridized carbons (Fsp3) is 0.636. The Morgan fingerprint density at radius 2 is 2.05 bits per heavy atom. The van der Waals surface area contributed by atoms with Crippen LogP contribution in [-0.4, -0.2) is 33.8 Å². The third-order valence-corrected chi connectivity index (χ3v) is 4.10. The first kappa shape index (κ1) is 13.7. The summed E-state index contributed by atoms with van der Waals surface area (Å²) in [6.07, 6.45) is 3.01. The van der Waals surface area contributed by atoms with E-state index in [9.17, 15) is 14.7 Å². The fourth-order valence-electron chi connectivity index (χ4n) is 2.26. The average Bonchev–Trinajstić information content (AvgIpc) is 2.97. The van der Waals surface area contributed by atoms with Crippen molar-refractivity contribution in [1.29, 1.82) is 0 Å². The molecule has 2 rings (SSSR count). The molecule has 1 aliphatic rings. The topological polar surface area (TPSA) is 104 Å². The second kappa shape index (κ2) is 5.52. The van der Waals surface area contributed by atoms with Crippen LogP contribution < -0.4 is 10.6 Å². The van der Waals surface area contributed by atoms with Crippen molar-refractivity contribution >= 4 is 28.5 Å². The maximum Gasteiger partial charge on any atom is 0.321 e. The summed E-state index contributed by atoms with van der Waals surface area (Å²) in [6.45, 7) is 1.94. The van der Waals surface area contributed by atoms with Crippen LogP contribution in [0.5, 0.6) is 0 Å². The van der Waals surface area contributed by atoms with Crippen LogP contribution in [0.4, 0.5) is 9.93 Å².